The van der Waals surface area contributed by atoms with Crippen molar-refractivity contribution in [3.05, 3.63) is 21.5 Å². The Labute approximate surface area is 108 Å². The van der Waals surface area contributed by atoms with Gasteiger partial charge in [-0.05, 0) is 26.8 Å². The van der Waals surface area contributed by atoms with E-state index in [-0.39, 0.29) is 16.7 Å². The van der Waals surface area contributed by atoms with Crippen LogP contribution in [0.25, 0.3) is 0 Å². The van der Waals surface area contributed by atoms with Crippen molar-refractivity contribution in [2.24, 2.45) is 0 Å². The van der Waals surface area contributed by atoms with Gasteiger partial charge in [-0.1, -0.05) is 13.8 Å². The minimum Gasteiger partial charge on any atom is -0.317 e. The third kappa shape index (κ3) is 3.07. The zero-order valence-electron chi connectivity index (χ0n) is 11.6. The predicted molar refractivity (Wildman–Crippen MR) is 70.8 cm³/mol. The van der Waals surface area contributed by atoms with Gasteiger partial charge in [-0.15, -0.1) is 0 Å². The average molecular weight is 254 g/mol. The first-order chi connectivity index (χ1) is 8.54. The summed E-state index contributed by atoms with van der Waals surface area (Å²) in [6.07, 6.45) is 2.50. The fraction of sp³-hybridized carbons (Fsp3) is 0.750. The highest BCUT2D eigenvalue weighted by Crippen LogP contribution is 2.25. The molecule has 6 heteroatoms. The maximum Gasteiger partial charge on any atom is 0.313 e. The number of nitro groups is 1. The van der Waals surface area contributed by atoms with Crippen molar-refractivity contribution in [3.8, 4) is 0 Å². The second-order valence-corrected chi connectivity index (χ2v) is 4.46. The molecule has 0 radical (unpaired) electrons. The van der Waals surface area contributed by atoms with Gasteiger partial charge in [-0.2, -0.15) is 5.10 Å². The molecule has 0 saturated carbocycles. The highest BCUT2D eigenvalue weighted by molar-refractivity contribution is 5.41. The van der Waals surface area contributed by atoms with Gasteiger partial charge in [-0.25, -0.2) is 0 Å². The third-order valence-corrected chi connectivity index (χ3v) is 3.16. The Morgan fingerprint density at radius 3 is 2.61 bits per heavy atom. The van der Waals surface area contributed by atoms with Crippen molar-refractivity contribution >= 4 is 5.69 Å². The van der Waals surface area contributed by atoms with Gasteiger partial charge in [-0.3, -0.25) is 14.8 Å². The molecule has 1 aromatic heterocycles. The van der Waals surface area contributed by atoms with Crippen LogP contribution in [-0.2, 0) is 13.0 Å². The molecule has 1 N–H and O–H groups in total. The summed E-state index contributed by atoms with van der Waals surface area (Å²) in [6.45, 7) is 6.54. The summed E-state index contributed by atoms with van der Waals surface area (Å²) < 4.78 is 1.79. The lowest BCUT2D eigenvalue weighted by Crippen LogP contribution is -2.28. The first kappa shape index (κ1) is 14.6. The van der Waals surface area contributed by atoms with E-state index in [1.165, 1.54) is 0 Å². The van der Waals surface area contributed by atoms with Crippen LogP contribution in [0.5, 0.6) is 0 Å². The Kier molecular flexibility index (Phi) is 5.27. The van der Waals surface area contributed by atoms with Crippen LogP contribution < -0.4 is 5.32 Å². The van der Waals surface area contributed by atoms with Crippen LogP contribution in [0.2, 0.25) is 0 Å². The molecule has 1 rings (SSSR count). The molecule has 102 valence electrons. The van der Waals surface area contributed by atoms with Crippen molar-refractivity contribution in [2.75, 3.05) is 7.05 Å². The molecule has 0 aromatic carbocycles. The number of hydrogen-bond acceptors (Lipinski definition) is 4. The molecule has 1 atom stereocenters. The minimum absolute atomic E-state index is 0.178. The Balaban J connectivity index is 3.14. The first-order valence-electron chi connectivity index (χ1n) is 6.43. The number of aryl methyl sites for hydroxylation is 2. The summed E-state index contributed by atoms with van der Waals surface area (Å²) in [5.74, 6) is 0. The fourth-order valence-electron chi connectivity index (χ4n) is 2.14. The third-order valence-electron chi connectivity index (χ3n) is 3.16. The number of nitrogens with zero attached hydrogens (tertiary/aromatic N) is 3. The normalized spacial score (nSPS) is 12.7. The van der Waals surface area contributed by atoms with Crippen LogP contribution >= 0.6 is 0 Å². The van der Waals surface area contributed by atoms with Gasteiger partial charge in [0.05, 0.1) is 4.92 Å². The van der Waals surface area contributed by atoms with Gasteiger partial charge in [0.15, 0.2) is 0 Å². The average Bonchev–Trinajstić information content (AvgIpc) is 2.62. The molecule has 0 saturated heterocycles. The molecule has 0 aliphatic rings. The predicted octanol–water partition coefficient (Wildman–Crippen LogP) is 2.05. The molecular formula is C12H22N4O2. The van der Waals surface area contributed by atoms with E-state index in [0.717, 1.165) is 25.1 Å². The minimum atomic E-state index is -0.313. The fourth-order valence-corrected chi connectivity index (χ4v) is 2.14. The van der Waals surface area contributed by atoms with Crippen molar-refractivity contribution in [1.29, 1.82) is 0 Å². The number of rotatable bonds is 7. The molecule has 0 spiro atoms. The van der Waals surface area contributed by atoms with E-state index in [1.807, 2.05) is 14.0 Å². The smallest absolute Gasteiger partial charge is 0.313 e. The molecule has 1 aromatic rings. The molecule has 0 aliphatic carbocycles. The molecular weight excluding hydrogens is 232 g/mol. The molecule has 18 heavy (non-hydrogen) atoms. The zero-order valence-corrected chi connectivity index (χ0v) is 11.6. The van der Waals surface area contributed by atoms with Gasteiger partial charge >= 0.3 is 5.69 Å². The Bertz CT molecular complexity index is 410. The quantitative estimate of drug-likeness (QED) is 0.597. The van der Waals surface area contributed by atoms with Crippen LogP contribution in [0.3, 0.4) is 0 Å². The lowest BCUT2D eigenvalue weighted by atomic mass is 10.1. The van der Waals surface area contributed by atoms with Crippen LogP contribution in [0.4, 0.5) is 5.69 Å². The number of aromatic nitrogens is 2. The lowest BCUT2D eigenvalue weighted by Gasteiger charge is -2.14. The van der Waals surface area contributed by atoms with Crippen LogP contribution in [0.15, 0.2) is 0 Å². The highest BCUT2D eigenvalue weighted by atomic mass is 16.6. The maximum atomic E-state index is 11.2. The van der Waals surface area contributed by atoms with E-state index >= 15 is 0 Å². The monoisotopic (exact) mass is 254 g/mol. The molecule has 0 aliphatic heterocycles. The first-order valence-corrected chi connectivity index (χ1v) is 6.43. The van der Waals surface area contributed by atoms with Crippen LogP contribution in [0, 0.1) is 17.0 Å². The van der Waals surface area contributed by atoms with Gasteiger partial charge in [0.1, 0.15) is 11.4 Å². The molecule has 0 amide bonds. The summed E-state index contributed by atoms with van der Waals surface area (Å²) in [6, 6.07) is 0.246. The van der Waals surface area contributed by atoms with E-state index in [1.54, 1.807) is 11.6 Å². The standard InChI is InChI=1S/C12H22N4O2/c1-5-7-15-11(8-10(6-2)13-4)12(16(17)18)9(3)14-15/h10,13H,5-8H2,1-4H3. The number of nitrogens with one attached hydrogen (secondary N) is 1. The van der Waals surface area contributed by atoms with E-state index < -0.39 is 0 Å². The van der Waals surface area contributed by atoms with Gasteiger partial charge in [0, 0.05) is 19.0 Å². The number of likely N-dealkylation sites (N-methyl/N-ethyl adjacent to an activating group) is 1. The molecule has 0 bridgehead atoms. The van der Waals surface area contributed by atoms with Crippen molar-refractivity contribution in [3.63, 3.8) is 0 Å². The van der Waals surface area contributed by atoms with E-state index in [0.29, 0.717) is 12.1 Å². The molecule has 0 fully saturated rings. The lowest BCUT2D eigenvalue weighted by molar-refractivity contribution is -0.386. The van der Waals surface area contributed by atoms with Gasteiger partial charge in [0.2, 0.25) is 0 Å². The van der Waals surface area contributed by atoms with Crippen LogP contribution in [-0.4, -0.2) is 27.8 Å². The summed E-state index contributed by atoms with van der Waals surface area (Å²) in [5, 5.41) is 18.6. The zero-order chi connectivity index (χ0) is 13.7. The topological polar surface area (TPSA) is 73.0 Å². The second kappa shape index (κ2) is 6.49. The van der Waals surface area contributed by atoms with E-state index in [2.05, 4.69) is 17.3 Å². The summed E-state index contributed by atoms with van der Waals surface area (Å²) in [7, 11) is 1.88. The summed E-state index contributed by atoms with van der Waals surface area (Å²) >= 11 is 0. The van der Waals surface area contributed by atoms with Crippen molar-refractivity contribution < 1.29 is 4.92 Å². The second-order valence-electron chi connectivity index (χ2n) is 4.46. The molecule has 1 unspecified atom stereocenters. The van der Waals surface area contributed by atoms with Crippen molar-refractivity contribution in [1.82, 2.24) is 15.1 Å². The Morgan fingerprint density at radius 2 is 2.17 bits per heavy atom. The highest BCUT2D eigenvalue weighted by Gasteiger charge is 2.26. The van der Waals surface area contributed by atoms with Gasteiger partial charge in [0.25, 0.3) is 0 Å². The summed E-state index contributed by atoms with van der Waals surface area (Å²) in [4.78, 5) is 10.8. The Morgan fingerprint density at radius 1 is 1.50 bits per heavy atom. The Hall–Kier alpha value is -1.43. The van der Waals surface area contributed by atoms with Crippen LogP contribution in [0.1, 0.15) is 38.1 Å². The van der Waals surface area contributed by atoms with E-state index in [4.69, 9.17) is 0 Å². The maximum absolute atomic E-state index is 11.2. The molecule has 6 nitrogen and oxygen atoms in total. The SMILES string of the molecule is CCCn1nc(C)c([N+](=O)[O-])c1CC(CC)NC. The van der Waals surface area contributed by atoms with Crippen molar-refractivity contribution in [2.45, 2.75) is 52.6 Å². The largest absolute Gasteiger partial charge is 0.317 e. The van der Waals surface area contributed by atoms with E-state index in [9.17, 15) is 10.1 Å². The van der Waals surface area contributed by atoms with Gasteiger partial charge < -0.3 is 5.32 Å². The number of hydrogen-bond donors (Lipinski definition) is 1. The molecule has 1 heterocycles. The summed E-state index contributed by atoms with van der Waals surface area (Å²) in [5.41, 5.74) is 1.42.